The molecule has 0 spiro atoms. The molecule has 1 aromatic rings. The summed E-state index contributed by atoms with van der Waals surface area (Å²) in [5.74, 6) is 0. The molecular weight excluding hydrogens is 307 g/mol. The van der Waals surface area contributed by atoms with E-state index in [-0.39, 0.29) is 18.7 Å². The average molecular weight is 320 g/mol. The molecule has 0 saturated heterocycles. The van der Waals surface area contributed by atoms with Crippen molar-refractivity contribution in [2.75, 3.05) is 18.4 Å². The topological polar surface area (TPSA) is 56.1 Å². The molecule has 1 N–H and O–H groups in total. The monoisotopic (exact) mass is 319 g/mol. The summed E-state index contributed by atoms with van der Waals surface area (Å²) < 4.78 is 38.1. The second-order valence-electron chi connectivity index (χ2n) is 4.11. The van der Waals surface area contributed by atoms with Gasteiger partial charge in [-0.3, -0.25) is 0 Å². The highest BCUT2D eigenvalue weighted by atomic mass is 35.5. The van der Waals surface area contributed by atoms with E-state index < -0.39 is 22.8 Å². The second kappa shape index (κ2) is 7.18. The number of benzene rings is 1. The largest absolute Gasteiger partial charge is 0.417 e. The molecule has 0 aliphatic rings. The number of rotatable bonds is 4. The van der Waals surface area contributed by atoms with Gasteiger partial charge >= 0.3 is 12.2 Å². The van der Waals surface area contributed by atoms with E-state index in [4.69, 9.17) is 16.9 Å². The third-order valence-corrected chi connectivity index (χ3v) is 3.02. The number of hydrogen-bond acceptors (Lipinski definition) is 2. The van der Waals surface area contributed by atoms with Crippen molar-refractivity contribution < 1.29 is 18.0 Å². The quantitative estimate of drug-likeness (QED) is 0.907. The van der Waals surface area contributed by atoms with Crippen LogP contribution in [-0.4, -0.2) is 24.0 Å². The predicted octanol–water partition coefficient (Wildman–Crippen LogP) is 4.13. The van der Waals surface area contributed by atoms with Crippen LogP contribution in [0.15, 0.2) is 18.2 Å². The molecule has 2 amide bonds. The lowest BCUT2D eigenvalue weighted by Gasteiger charge is -2.20. The SMILES string of the molecule is CCN(CCC#N)C(=O)Nc1ccc(Cl)c(C(F)(F)F)c1. The lowest BCUT2D eigenvalue weighted by molar-refractivity contribution is -0.137. The second-order valence-corrected chi connectivity index (χ2v) is 4.52. The predicted molar refractivity (Wildman–Crippen MR) is 72.9 cm³/mol. The molecule has 21 heavy (non-hydrogen) atoms. The maximum Gasteiger partial charge on any atom is 0.417 e. The number of nitrogens with one attached hydrogen (secondary N) is 1. The molecule has 8 heteroatoms. The van der Waals surface area contributed by atoms with Gasteiger partial charge < -0.3 is 10.2 Å². The van der Waals surface area contributed by atoms with Gasteiger partial charge in [-0.15, -0.1) is 0 Å². The van der Waals surface area contributed by atoms with E-state index in [9.17, 15) is 18.0 Å². The summed E-state index contributed by atoms with van der Waals surface area (Å²) in [6.07, 6.45) is -4.45. The number of halogens is 4. The number of carbonyl (C=O) groups is 1. The van der Waals surface area contributed by atoms with Gasteiger partial charge in [-0.1, -0.05) is 11.6 Å². The van der Waals surface area contributed by atoms with E-state index in [0.29, 0.717) is 6.54 Å². The molecule has 0 bridgehead atoms. The third kappa shape index (κ3) is 4.83. The first-order valence-electron chi connectivity index (χ1n) is 6.09. The number of carbonyl (C=O) groups excluding carboxylic acids is 1. The summed E-state index contributed by atoms with van der Waals surface area (Å²) in [6, 6.07) is 4.47. The number of nitriles is 1. The summed E-state index contributed by atoms with van der Waals surface area (Å²) in [5, 5.41) is 10.4. The van der Waals surface area contributed by atoms with E-state index in [1.807, 2.05) is 6.07 Å². The van der Waals surface area contributed by atoms with Crippen molar-refractivity contribution in [1.29, 1.82) is 5.26 Å². The van der Waals surface area contributed by atoms with Crippen molar-refractivity contribution in [3.8, 4) is 6.07 Å². The minimum absolute atomic E-state index is 0.00728. The summed E-state index contributed by atoms with van der Waals surface area (Å²) in [6.45, 7) is 2.26. The van der Waals surface area contributed by atoms with Crippen molar-refractivity contribution in [3.63, 3.8) is 0 Å². The van der Waals surface area contributed by atoms with Gasteiger partial charge in [0.2, 0.25) is 0 Å². The van der Waals surface area contributed by atoms with Crippen LogP contribution in [0.4, 0.5) is 23.7 Å². The zero-order chi connectivity index (χ0) is 16.0. The number of nitrogens with zero attached hydrogens (tertiary/aromatic N) is 2. The lowest BCUT2D eigenvalue weighted by atomic mass is 10.2. The van der Waals surface area contributed by atoms with Gasteiger partial charge in [-0.2, -0.15) is 18.4 Å². The molecular formula is C13H13ClF3N3O. The zero-order valence-corrected chi connectivity index (χ0v) is 11.9. The van der Waals surface area contributed by atoms with Crippen molar-refractivity contribution in [1.82, 2.24) is 4.90 Å². The molecule has 0 radical (unpaired) electrons. The summed E-state index contributed by atoms with van der Waals surface area (Å²) >= 11 is 5.50. The Morgan fingerprint density at radius 1 is 1.48 bits per heavy atom. The molecule has 0 unspecified atom stereocenters. The van der Waals surface area contributed by atoms with Crippen LogP contribution in [0.25, 0.3) is 0 Å². The Morgan fingerprint density at radius 3 is 2.67 bits per heavy atom. The Labute approximate surface area is 125 Å². The average Bonchev–Trinajstić information content (AvgIpc) is 2.40. The van der Waals surface area contributed by atoms with Gasteiger partial charge in [0.25, 0.3) is 0 Å². The van der Waals surface area contributed by atoms with Gasteiger partial charge in [0.15, 0.2) is 0 Å². The van der Waals surface area contributed by atoms with Gasteiger partial charge in [-0.25, -0.2) is 4.79 Å². The molecule has 114 valence electrons. The first-order valence-corrected chi connectivity index (χ1v) is 6.47. The fraction of sp³-hybridized carbons (Fsp3) is 0.385. The maximum atomic E-state index is 12.7. The molecule has 0 fully saturated rings. The van der Waals surface area contributed by atoms with Crippen LogP contribution >= 0.6 is 11.6 Å². The van der Waals surface area contributed by atoms with Crippen LogP contribution in [0.1, 0.15) is 18.9 Å². The van der Waals surface area contributed by atoms with Crippen LogP contribution in [0, 0.1) is 11.3 Å². The first kappa shape index (κ1) is 17.1. The highest BCUT2D eigenvalue weighted by Crippen LogP contribution is 2.36. The van der Waals surface area contributed by atoms with E-state index in [1.165, 1.54) is 11.0 Å². The molecule has 1 aromatic carbocycles. The Bertz CT molecular complexity index is 555. The third-order valence-electron chi connectivity index (χ3n) is 2.69. The van der Waals surface area contributed by atoms with Crippen LogP contribution in [0.2, 0.25) is 5.02 Å². The number of hydrogen-bond donors (Lipinski definition) is 1. The summed E-state index contributed by atoms with van der Waals surface area (Å²) in [4.78, 5) is 13.2. The number of anilines is 1. The maximum absolute atomic E-state index is 12.7. The van der Waals surface area contributed by atoms with E-state index >= 15 is 0 Å². The fourth-order valence-electron chi connectivity index (χ4n) is 1.61. The van der Waals surface area contributed by atoms with E-state index in [2.05, 4.69) is 5.32 Å². The van der Waals surface area contributed by atoms with Crippen LogP contribution in [0.3, 0.4) is 0 Å². The normalized spacial score (nSPS) is 10.9. The number of urea groups is 1. The lowest BCUT2D eigenvalue weighted by Crippen LogP contribution is -2.35. The van der Waals surface area contributed by atoms with E-state index in [0.717, 1.165) is 12.1 Å². The zero-order valence-electron chi connectivity index (χ0n) is 11.2. The standard InChI is InChI=1S/C13H13ClF3N3O/c1-2-20(7-3-6-18)12(21)19-9-4-5-11(14)10(8-9)13(15,16)17/h4-5,8H,2-3,7H2,1H3,(H,19,21). The molecule has 0 aliphatic carbocycles. The van der Waals surface area contributed by atoms with Gasteiger partial charge in [0.1, 0.15) is 0 Å². The van der Waals surface area contributed by atoms with Crippen molar-refractivity contribution >= 4 is 23.3 Å². The summed E-state index contributed by atoms with van der Waals surface area (Å²) in [7, 11) is 0. The molecule has 4 nitrogen and oxygen atoms in total. The molecule has 1 rings (SSSR count). The van der Waals surface area contributed by atoms with Gasteiger partial charge in [0.05, 0.1) is 23.1 Å². The number of alkyl halides is 3. The molecule has 0 atom stereocenters. The number of amides is 2. The molecule has 0 aromatic heterocycles. The van der Waals surface area contributed by atoms with Crippen LogP contribution < -0.4 is 5.32 Å². The Morgan fingerprint density at radius 2 is 2.14 bits per heavy atom. The molecule has 0 saturated carbocycles. The highest BCUT2D eigenvalue weighted by Gasteiger charge is 2.33. The molecule has 0 aliphatic heterocycles. The Kier molecular flexibility index (Phi) is 5.85. The molecule has 0 heterocycles. The van der Waals surface area contributed by atoms with Gasteiger partial charge in [-0.05, 0) is 25.1 Å². The Balaban J connectivity index is 2.88. The highest BCUT2D eigenvalue weighted by molar-refractivity contribution is 6.31. The van der Waals surface area contributed by atoms with Crippen molar-refractivity contribution in [2.45, 2.75) is 19.5 Å². The summed E-state index contributed by atoms with van der Waals surface area (Å²) in [5.41, 5.74) is -1.02. The van der Waals surface area contributed by atoms with E-state index in [1.54, 1.807) is 6.92 Å². The van der Waals surface area contributed by atoms with Crippen LogP contribution in [0.5, 0.6) is 0 Å². The Hall–Kier alpha value is -1.94. The smallest absolute Gasteiger partial charge is 0.324 e. The minimum Gasteiger partial charge on any atom is -0.324 e. The van der Waals surface area contributed by atoms with Crippen LogP contribution in [-0.2, 0) is 6.18 Å². The fourth-order valence-corrected chi connectivity index (χ4v) is 1.84. The van der Waals surface area contributed by atoms with Gasteiger partial charge in [0, 0.05) is 18.8 Å². The minimum atomic E-state index is -4.59. The van der Waals surface area contributed by atoms with Crippen molar-refractivity contribution in [2.24, 2.45) is 0 Å². The van der Waals surface area contributed by atoms with Crippen molar-refractivity contribution in [3.05, 3.63) is 28.8 Å². The first-order chi connectivity index (χ1) is 9.79.